The average molecular weight is 283 g/mol. The molecule has 1 fully saturated rings. The molecule has 1 nitrogen and oxygen atoms in total. The van der Waals surface area contributed by atoms with Crippen LogP contribution in [0.5, 0.6) is 0 Å². The van der Waals surface area contributed by atoms with E-state index in [-0.39, 0.29) is 5.41 Å². The molecule has 1 heterocycles. The number of hydrogen-bond acceptors (Lipinski definition) is 1. The van der Waals surface area contributed by atoms with E-state index in [1.165, 1.54) is 16.7 Å². The van der Waals surface area contributed by atoms with Crippen molar-refractivity contribution in [2.24, 2.45) is 0 Å². The van der Waals surface area contributed by atoms with Crippen LogP contribution in [0.1, 0.15) is 44.4 Å². The predicted molar refractivity (Wildman–Crippen MR) is 94.0 cm³/mol. The number of benzene rings is 2. The highest BCUT2D eigenvalue weighted by Crippen LogP contribution is 2.35. The summed E-state index contributed by atoms with van der Waals surface area (Å²) in [6, 6.07) is 19.8. The maximum atomic E-state index is 3.41. The molecular weight excluding hydrogens is 254 g/mol. The molecule has 2 aromatic rings. The topological polar surface area (TPSA) is 12.0 Å². The summed E-state index contributed by atoms with van der Waals surface area (Å²) in [6.45, 7) is 12.2. The minimum absolute atomic E-state index is 0.189. The smallest absolute Gasteiger partial charge is 0.0451 e. The van der Waals surface area contributed by atoms with Crippen LogP contribution in [0.2, 0.25) is 0 Å². The summed E-state index contributed by atoms with van der Waals surface area (Å²) in [6.07, 6.45) is 0. The maximum Gasteiger partial charge on any atom is 0.0451 e. The molecule has 114 valence electrons. The molecule has 0 aliphatic carbocycles. The Bertz CT molecular complexity index is 495. The third-order valence-electron chi connectivity index (χ3n) is 3.78. The monoisotopic (exact) mass is 283 g/mol. The van der Waals surface area contributed by atoms with Crippen molar-refractivity contribution in [3.05, 3.63) is 71.3 Å². The Hall–Kier alpha value is -1.60. The number of aryl methyl sites for hydroxylation is 1. The second-order valence-corrected chi connectivity index (χ2v) is 4.92. The molecule has 21 heavy (non-hydrogen) atoms. The van der Waals surface area contributed by atoms with E-state index in [4.69, 9.17) is 0 Å². The molecule has 0 aromatic heterocycles. The summed E-state index contributed by atoms with van der Waals surface area (Å²) in [5, 5.41) is 3.41. The first-order chi connectivity index (χ1) is 10.3. The third-order valence-corrected chi connectivity index (χ3v) is 3.78. The normalized spacial score (nSPS) is 14.7. The molecule has 0 bridgehead atoms. The highest BCUT2D eigenvalue weighted by molar-refractivity contribution is 5.43. The van der Waals surface area contributed by atoms with Crippen LogP contribution in [0.15, 0.2) is 54.6 Å². The van der Waals surface area contributed by atoms with Crippen molar-refractivity contribution < 1.29 is 0 Å². The molecule has 3 rings (SSSR count). The minimum atomic E-state index is 0.189. The Morgan fingerprint density at radius 1 is 0.714 bits per heavy atom. The molecule has 0 unspecified atom stereocenters. The lowest BCUT2D eigenvalue weighted by Crippen LogP contribution is -2.57. The van der Waals surface area contributed by atoms with Crippen LogP contribution >= 0.6 is 0 Å². The first-order valence-corrected chi connectivity index (χ1v) is 8.15. The fraction of sp³-hybridized carbons (Fsp3) is 0.400. The average Bonchev–Trinajstić information content (AvgIpc) is 2.53. The van der Waals surface area contributed by atoms with Gasteiger partial charge < -0.3 is 5.32 Å². The molecule has 0 saturated carbocycles. The van der Waals surface area contributed by atoms with Crippen LogP contribution in [0.3, 0.4) is 0 Å². The fourth-order valence-corrected chi connectivity index (χ4v) is 2.58. The van der Waals surface area contributed by atoms with Crippen molar-refractivity contribution >= 4 is 0 Å². The largest absolute Gasteiger partial charge is 0.314 e. The summed E-state index contributed by atoms with van der Waals surface area (Å²) in [4.78, 5) is 0. The summed E-state index contributed by atoms with van der Waals surface area (Å²) < 4.78 is 0. The second kappa shape index (κ2) is 8.63. The van der Waals surface area contributed by atoms with Gasteiger partial charge in [-0.3, -0.25) is 0 Å². The van der Waals surface area contributed by atoms with Crippen molar-refractivity contribution in [3.8, 4) is 0 Å². The second-order valence-electron chi connectivity index (χ2n) is 4.92. The molecule has 1 heteroatoms. The SMILES string of the molecule is CC.CC.Cc1ccc(C2(c3ccccc3)CNC2)cc1. The molecule has 0 atom stereocenters. The number of rotatable bonds is 2. The van der Waals surface area contributed by atoms with Gasteiger partial charge in [0.05, 0.1) is 0 Å². The van der Waals surface area contributed by atoms with E-state index in [0.29, 0.717) is 0 Å². The van der Waals surface area contributed by atoms with Crippen LogP contribution in [0.4, 0.5) is 0 Å². The molecule has 1 N–H and O–H groups in total. The zero-order valence-electron chi connectivity index (χ0n) is 14.1. The minimum Gasteiger partial charge on any atom is -0.314 e. The van der Waals surface area contributed by atoms with Crippen LogP contribution in [-0.2, 0) is 5.41 Å². The van der Waals surface area contributed by atoms with Gasteiger partial charge >= 0.3 is 0 Å². The van der Waals surface area contributed by atoms with E-state index in [1.54, 1.807) is 0 Å². The Kier molecular flexibility index (Phi) is 7.18. The van der Waals surface area contributed by atoms with Crippen molar-refractivity contribution in [3.63, 3.8) is 0 Å². The number of nitrogens with one attached hydrogen (secondary N) is 1. The molecular formula is C20H29N. The molecule has 0 radical (unpaired) electrons. The van der Waals surface area contributed by atoms with Crippen molar-refractivity contribution in [2.45, 2.75) is 40.0 Å². The lowest BCUT2D eigenvalue weighted by molar-refractivity contribution is 0.334. The Labute approximate surface area is 130 Å². The lowest BCUT2D eigenvalue weighted by Gasteiger charge is -2.44. The summed E-state index contributed by atoms with van der Waals surface area (Å²) >= 11 is 0. The van der Waals surface area contributed by atoms with Gasteiger partial charge in [-0.25, -0.2) is 0 Å². The quantitative estimate of drug-likeness (QED) is 0.823. The first kappa shape index (κ1) is 17.5. The van der Waals surface area contributed by atoms with Gasteiger partial charge in [-0.1, -0.05) is 87.9 Å². The molecule has 1 aliphatic rings. The number of hydrogen-bond donors (Lipinski definition) is 1. The Morgan fingerprint density at radius 3 is 1.62 bits per heavy atom. The van der Waals surface area contributed by atoms with E-state index in [0.717, 1.165) is 13.1 Å². The van der Waals surface area contributed by atoms with Crippen LogP contribution in [-0.4, -0.2) is 13.1 Å². The zero-order chi connectivity index (χ0) is 15.7. The summed E-state index contributed by atoms with van der Waals surface area (Å²) in [7, 11) is 0. The molecule has 1 saturated heterocycles. The standard InChI is InChI=1S/C16H17N.2C2H6/c1-13-7-9-15(10-8-13)16(11-17-12-16)14-5-3-2-4-6-14;2*1-2/h2-10,17H,11-12H2,1H3;2*1-2H3. The van der Waals surface area contributed by atoms with Gasteiger partial charge in [0.25, 0.3) is 0 Å². The van der Waals surface area contributed by atoms with Gasteiger partial charge in [-0.2, -0.15) is 0 Å². The van der Waals surface area contributed by atoms with Crippen LogP contribution in [0.25, 0.3) is 0 Å². The molecule has 0 amide bonds. The first-order valence-electron chi connectivity index (χ1n) is 8.15. The van der Waals surface area contributed by atoms with Gasteiger partial charge in [-0.15, -0.1) is 0 Å². The fourth-order valence-electron chi connectivity index (χ4n) is 2.58. The summed E-state index contributed by atoms with van der Waals surface area (Å²) in [5.74, 6) is 0. The van der Waals surface area contributed by atoms with Crippen LogP contribution < -0.4 is 5.32 Å². The van der Waals surface area contributed by atoms with E-state index in [2.05, 4.69) is 66.8 Å². The Balaban J connectivity index is 0.000000510. The zero-order valence-corrected chi connectivity index (χ0v) is 14.1. The van der Waals surface area contributed by atoms with Gasteiger partial charge in [0.1, 0.15) is 0 Å². The highest BCUT2D eigenvalue weighted by Gasteiger charge is 2.39. The van der Waals surface area contributed by atoms with Crippen LogP contribution in [0, 0.1) is 6.92 Å². The summed E-state index contributed by atoms with van der Waals surface area (Å²) in [5.41, 5.74) is 4.36. The van der Waals surface area contributed by atoms with Gasteiger partial charge in [0.15, 0.2) is 0 Å². The van der Waals surface area contributed by atoms with E-state index >= 15 is 0 Å². The molecule has 2 aromatic carbocycles. The van der Waals surface area contributed by atoms with Gasteiger partial charge in [-0.05, 0) is 18.1 Å². The van der Waals surface area contributed by atoms with Crippen molar-refractivity contribution in [1.29, 1.82) is 0 Å². The van der Waals surface area contributed by atoms with E-state index in [9.17, 15) is 0 Å². The van der Waals surface area contributed by atoms with Gasteiger partial charge in [0.2, 0.25) is 0 Å². The van der Waals surface area contributed by atoms with Gasteiger partial charge in [0, 0.05) is 18.5 Å². The van der Waals surface area contributed by atoms with Crippen molar-refractivity contribution in [2.75, 3.05) is 13.1 Å². The molecule has 0 spiro atoms. The maximum absolute atomic E-state index is 3.41. The lowest BCUT2D eigenvalue weighted by atomic mass is 9.70. The van der Waals surface area contributed by atoms with Crippen molar-refractivity contribution in [1.82, 2.24) is 5.32 Å². The van der Waals surface area contributed by atoms with E-state index < -0.39 is 0 Å². The highest BCUT2D eigenvalue weighted by atomic mass is 15.0. The molecule has 1 aliphatic heterocycles. The third kappa shape index (κ3) is 3.74. The Morgan fingerprint density at radius 2 is 1.19 bits per heavy atom. The van der Waals surface area contributed by atoms with E-state index in [1.807, 2.05) is 27.7 Å². The predicted octanol–water partition coefficient (Wildman–Crippen LogP) is 4.94.